The fraction of sp³-hybridized carbons (Fsp3) is 0.400. The van der Waals surface area contributed by atoms with E-state index in [2.05, 4.69) is 5.32 Å². The number of nitrogen functional groups attached to an aromatic ring is 1. The smallest absolute Gasteiger partial charge is 0.120 e. The van der Waals surface area contributed by atoms with Crippen LogP contribution in [0.25, 0.3) is 0 Å². The number of nitrogens with two attached hydrogens (primary N) is 1. The molecule has 1 fully saturated rings. The number of aromatic hydroxyl groups is 1. The Kier molecular flexibility index (Phi) is 2.10. The van der Waals surface area contributed by atoms with Gasteiger partial charge < -0.3 is 16.2 Å². The molecule has 0 amide bonds. The predicted molar refractivity (Wildman–Crippen MR) is 52.5 cm³/mol. The molecule has 2 rings (SSSR count). The van der Waals surface area contributed by atoms with Gasteiger partial charge in [0.15, 0.2) is 0 Å². The van der Waals surface area contributed by atoms with Crippen LogP contribution >= 0.6 is 0 Å². The summed E-state index contributed by atoms with van der Waals surface area (Å²) in [7, 11) is 0. The summed E-state index contributed by atoms with van der Waals surface area (Å²) in [6.07, 6.45) is 2.25. The first-order valence-electron chi connectivity index (χ1n) is 4.59. The minimum absolute atomic E-state index is 0.281. The van der Waals surface area contributed by atoms with E-state index in [0.29, 0.717) is 11.4 Å². The van der Waals surface area contributed by atoms with Crippen molar-refractivity contribution in [3.05, 3.63) is 23.8 Å². The maximum atomic E-state index is 9.60. The molecule has 13 heavy (non-hydrogen) atoms. The zero-order valence-corrected chi connectivity index (χ0v) is 7.46. The van der Waals surface area contributed by atoms with Crippen molar-refractivity contribution in [1.82, 2.24) is 5.32 Å². The van der Waals surface area contributed by atoms with Crippen LogP contribution in [0.2, 0.25) is 0 Å². The highest BCUT2D eigenvalue weighted by atomic mass is 16.3. The average Bonchev–Trinajstić information content (AvgIpc) is 2.61. The molecular weight excluding hydrogens is 164 g/mol. The average molecular weight is 178 g/mol. The van der Waals surface area contributed by atoms with Gasteiger partial charge in [0.2, 0.25) is 0 Å². The summed E-state index contributed by atoms with van der Waals surface area (Å²) in [6, 6.07) is 5.50. The molecule has 0 unspecified atom stereocenters. The number of rotatable bonds is 1. The monoisotopic (exact) mass is 178 g/mol. The van der Waals surface area contributed by atoms with Crippen molar-refractivity contribution >= 4 is 5.69 Å². The second kappa shape index (κ2) is 3.26. The van der Waals surface area contributed by atoms with Crippen molar-refractivity contribution in [2.75, 3.05) is 12.3 Å². The molecule has 0 saturated carbocycles. The van der Waals surface area contributed by atoms with Crippen molar-refractivity contribution < 1.29 is 5.11 Å². The first-order valence-corrected chi connectivity index (χ1v) is 4.59. The van der Waals surface area contributed by atoms with Gasteiger partial charge in [-0.25, -0.2) is 0 Å². The van der Waals surface area contributed by atoms with E-state index in [1.165, 1.54) is 6.42 Å². The van der Waals surface area contributed by atoms with Crippen molar-refractivity contribution in [1.29, 1.82) is 0 Å². The number of phenols is 1. The predicted octanol–water partition coefficient (Wildman–Crippen LogP) is 1.40. The molecule has 0 aliphatic carbocycles. The third-order valence-electron chi connectivity index (χ3n) is 2.49. The number of benzene rings is 1. The van der Waals surface area contributed by atoms with Crippen molar-refractivity contribution in [3.63, 3.8) is 0 Å². The zero-order chi connectivity index (χ0) is 9.26. The molecule has 1 saturated heterocycles. The molecule has 1 aromatic rings. The Hall–Kier alpha value is -1.22. The van der Waals surface area contributed by atoms with Crippen LogP contribution in [0, 0.1) is 0 Å². The van der Waals surface area contributed by atoms with Crippen molar-refractivity contribution in [2.24, 2.45) is 0 Å². The van der Waals surface area contributed by atoms with Gasteiger partial charge in [0.05, 0.1) is 0 Å². The van der Waals surface area contributed by atoms with Gasteiger partial charge in [0.25, 0.3) is 0 Å². The molecule has 0 bridgehead atoms. The number of anilines is 1. The molecule has 3 nitrogen and oxygen atoms in total. The van der Waals surface area contributed by atoms with Crippen molar-refractivity contribution in [3.8, 4) is 5.75 Å². The van der Waals surface area contributed by atoms with E-state index in [1.807, 2.05) is 6.07 Å². The SMILES string of the molecule is Nc1ccc(O)c([C@@H]2CCCN2)c1. The van der Waals surface area contributed by atoms with Gasteiger partial charge in [-0.15, -0.1) is 0 Å². The number of phenolic OH excluding ortho intramolecular Hbond substituents is 1. The van der Waals surface area contributed by atoms with Gasteiger partial charge >= 0.3 is 0 Å². The van der Waals surface area contributed by atoms with E-state index in [0.717, 1.165) is 18.5 Å². The number of hydrogen-bond donors (Lipinski definition) is 3. The van der Waals surface area contributed by atoms with Crippen LogP contribution in [0.5, 0.6) is 5.75 Å². The van der Waals surface area contributed by atoms with E-state index in [1.54, 1.807) is 12.1 Å². The quantitative estimate of drug-likeness (QED) is 0.450. The third-order valence-corrected chi connectivity index (χ3v) is 2.49. The van der Waals surface area contributed by atoms with Gasteiger partial charge in [-0.3, -0.25) is 0 Å². The Morgan fingerprint density at radius 2 is 2.31 bits per heavy atom. The Labute approximate surface area is 77.6 Å². The van der Waals surface area contributed by atoms with Crippen LogP contribution in [0.3, 0.4) is 0 Å². The topological polar surface area (TPSA) is 58.3 Å². The maximum absolute atomic E-state index is 9.60. The Morgan fingerprint density at radius 1 is 1.46 bits per heavy atom. The Balaban J connectivity index is 2.32. The summed E-state index contributed by atoms with van der Waals surface area (Å²) < 4.78 is 0. The lowest BCUT2D eigenvalue weighted by atomic mass is 10.0. The largest absolute Gasteiger partial charge is 0.508 e. The molecule has 0 radical (unpaired) electrons. The highest BCUT2D eigenvalue weighted by Crippen LogP contribution is 2.31. The van der Waals surface area contributed by atoms with E-state index in [4.69, 9.17) is 5.73 Å². The molecule has 70 valence electrons. The summed E-state index contributed by atoms with van der Waals surface area (Å²) in [5.41, 5.74) is 7.29. The molecular formula is C10H14N2O. The molecule has 1 aliphatic rings. The van der Waals surface area contributed by atoms with Crippen LogP contribution in [-0.4, -0.2) is 11.7 Å². The molecule has 0 aromatic heterocycles. The van der Waals surface area contributed by atoms with Gasteiger partial charge in [0, 0.05) is 17.3 Å². The zero-order valence-electron chi connectivity index (χ0n) is 7.46. The van der Waals surface area contributed by atoms with Gasteiger partial charge in [0.1, 0.15) is 5.75 Å². The molecule has 1 atom stereocenters. The molecule has 1 aliphatic heterocycles. The van der Waals surface area contributed by atoms with Crippen LogP contribution in [-0.2, 0) is 0 Å². The molecule has 0 spiro atoms. The van der Waals surface area contributed by atoms with E-state index in [9.17, 15) is 5.11 Å². The lowest BCUT2D eigenvalue weighted by Gasteiger charge is -2.12. The lowest BCUT2D eigenvalue weighted by Crippen LogP contribution is -2.13. The number of nitrogens with one attached hydrogen (secondary N) is 1. The first-order chi connectivity index (χ1) is 6.27. The second-order valence-electron chi connectivity index (χ2n) is 3.47. The minimum atomic E-state index is 0.281. The van der Waals surface area contributed by atoms with Gasteiger partial charge in [-0.05, 0) is 37.6 Å². The van der Waals surface area contributed by atoms with Gasteiger partial charge in [-0.1, -0.05) is 0 Å². The lowest BCUT2D eigenvalue weighted by molar-refractivity contribution is 0.457. The second-order valence-corrected chi connectivity index (χ2v) is 3.47. The maximum Gasteiger partial charge on any atom is 0.120 e. The summed E-state index contributed by atoms with van der Waals surface area (Å²) >= 11 is 0. The highest BCUT2D eigenvalue weighted by Gasteiger charge is 2.18. The standard InChI is InChI=1S/C10H14N2O/c11-7-3-4-10(13)8(6-7)9-2-1-5-12-9/h3-4,6,9,12-13H,1-2,5,11H2/t9-/m0/s1. The highest BCUT2D eigenvalue weighted by molar-refractivity contribution is 5.48. The molecule has 3 heteroatoms. The van der Waals surface area contributed by atoms with Crippen LogP contribution in [0.15, 0.2) is 18.2 Å². The molecule has 1 heterocycles. The summed E-state index contributed by atoms with van der Waals surface area (Å²) in [5, 5.41) is 12.9. The van der Waals surface area contributed by atoms with Crippen LogP contribution in [0.4, 0.5) is 5.69 Å². The number of hydrogen-bond acceptors (Lipinski definition) is 3. The normalized spacial score (nSPS) is 22.0. The Morgan fingerprint density at radius 3 is 3.00 bits per heavy atom. The fourth-order valence-corrected chi connectivity index (χ4v) is 1.80. The van der Waals surface area contributed by atoms with Gasteiger partial charge in [-0.2, -0.15) is 0 Å². The van der Waals surface area contributed by atoms with Crippen LogP contribution in [0.1, 0.15) is 24.4 Å². The van der Waals surface area contributed by atoms with Crippen LogP contribution < -0.4 is 11.1 Å². The third kappa shape index (κ3) is 1.60. The minimum Gasteiger partial charge on any atom is -0.508 e. The summed E-state index contributed by atoms with van der Waals surface area (Å²) in [6.45, 7) is 1.03. The molecule has 1 aromatic carbocycles. The first kappa shape index (κ1) is 8.38. The summed E-state index contributed by atoms with van der Waals surface area (Å²) in [4.78, 5) is 0. The fourth-order valence-electron chi connectivity index (χ4n) is 1.80. The molecule has 4 N–H and O–H groups in total. The summed E-state index contributed by atoms with van der Waals surface area (Å²) in [5.74, 6) is 0.341. The van der Waals surface area contributed by atoms with E-state index >= 15 is 0 Å². The van der Waals surface area contributed by atoms with E-state index in [-0.39, 0.29) is 6.04 Å². The Bertz CT molecular complexity index is 306. The van der Waals surface area contributed by atoms with Crippen molar-refractivity contribution in [2.45, 2.75) is 18.9 Å². The van der Waals surface area contributed by atoms with E-state index < -0.39 is 0 Å².